The molecule has 3 rings (SSSR count). The Balaban J connectivity index is 1.88. The lowest BCUT2D eigenvalue weighted by molar-refractivity contribution is -0.145. The van der Waals surface area contributed by atoms with Crippen LogP contribution in [0.2, 0.25) is 0 Å². The molecule has 0 N–H and O–H groups in total. The molecule has 0 fully saturated rings. The van der Waals surface area contributed by atoms with E-state index in [1.807, 2.05) is 36.4 Å². The van der Waals surface area contributed by atoms with Gasteiger partial charge in [0.1, 0.15) is 6.42 Å². The van der Waals surface area contributed by atoms with E-state index in [-0.39, 0.29) is 12.4 Å². The molecule has 1 heterocycles. The molecular weight excluding hydrogens is 232 g/mol. The highest BCUT2D eigenvalue weighted by Crippen LogP contribution is 2.38. The van der Waals surface area contributed by atoms with Crippen LogP contribution in [-0.2, 0) is 9.53 Å². The van der Waals surface area contributed by atoms with E-state index < -0.39 is 6.29 Å². The van der Waals surface area contributed by atoms with Gasteiger partial charge in [0, 0.05) is 0 Å². The summed E-state index contributed by atoms with van der Waals surface area (Å²) in [6, 6.07) is 11.8. The molecule has 92 valence electrons. The Morgan fingerprint density at radius 2 is 1.72 bits per heavy atom. The van der Waals surface area contributed by atoms with Crippen molar-refractivity contribution in [2.45, 2.75) is 12.7 Å². The third-order valence-corrected chi connectivity index (χ3v) is 2.89. The SMILES string of the molecule is COC(=O)CC1Oc2cc3ccccc3cc2O1. The third kappa shape index (κ3) is 1.86. The lowest BCUT2D eigenvalue weighted by atomic mass is 10.1. The van der Waals surface area contributed by atoms with E-state index in [1.54, 1.807) is 0 Å². The van der Waals surface area contributed by atoms with E-state index in [1.165, 1.54) is 7.11 Å². The van der Waals surface area contributed by atoms with E-state index >= 15 is 0 Å². The van der Waals surface area contributed by atoms with E-state index in [0.29, 0.717) is 11.5 Å². The topological polar surface area (TPSA) is 44.8 Å². The molecule has 0 spiro atoms. The number of rotatable bonds is 2. The zero-order valence-electron chi connectivity index (χ0n) is 9.88. The standard InChI is InChI=1S/C14H12O4/c1-16-13(15)8-14-17-11-6-9-4-2-3-5-10(9)7-12(11)18-14/h2-7,14H,8H2,1H3. The summed E-state index contributed by atoms with van der Waals surface area (Å²) in [6.07, 6.45) is -0.508. The van der Waals surface area contributed by atoms with Gasteiger partial charge in [-0.3, -0.25) is 4.79 Å². The number of fused-ring (bicyclic) bond motifs is 2. The Hall–Kier alpha value is -2.23. The molecule has 0 bridgehead atoms. The van der Waals surface area contributed by atoms with Crippen LogP contribution in [-0.4, -0.2) is 19.4 Å². The molecule has 18 heavy (non-hydrogen) atoms. The first-order chi connectivity index (χ1) is 8.76. The van der Waals surface area contributed by atoms with Crippen LogP contribution in [0.15, 0.2) is 36.4 Å². The van der Waals surface area contributed by atoms with Gasteiger partial charge in [-0.25, -0.2) is 0 Å². The predicted molar refractivity (Wildman–Crippen MR) is 65.6 cm³/mol. The first-order valence-corrected chi connectivity index (χ1v) is 5.69. The second-order valence-electron chi connectivity index (χ2n) is 4.09. The summed E-state index contributed by atoms with van der Waals surface area (Å²) in [5.41, 5.74) is 0. The largest absolute Gasteiger partial charge is 0.469 e. The Morgan fingerprint density at radius 1 is 1.17 bits per heavy atom. The van der Waals surface area contributed by atoms with Gasteiger partial charge in [0.25, 0.3) is 6.29 Å². The van der Waals surface area contributed by atoms with Crippen molar-refractivity contribution in [3.8, 4) is 11.5 Å². The van der Waals surface area contributed by atoms with Crippen molar-refractivity contribution in [2.75, 3.05) is 7.11 Å². The zero-order chi connectivity index (χ0) is 12.5. The number of esters is 1. The van der Waals surface area contributed by atoms with Crippen LogP contribution < -0.4 is 9.47 Å². The minimum Gasteiger partial charge on any atom is -0.469 e. The zero-order valence-corrected chi connectivity index (χ0v) is 9.88. The smallest absolute Gasteiger partial charge is 0.313 e. The summed E-state index contributed by atoms with van der Waals surface area (Å²) < 4.78 is 15.7. The van der Waals surface area contributed by atoms with Crippen LogP contribution >= 0.6 is 0 Å². The normalized spacial score (nSPS) is 13.8. The maximum atomic E-state index is 11.2. The number of hydrogen-bond donors (Lipinski definition) is 0. The van der Waals surface area contributed by atoms with Gasteiger partial charge in [-0.2, -0.15) is 0 Å². The van der Waals surface area contributed by atoms with Crippen molar-refractivity contribution in [1.82, 2.24) is 0 Å². The molecular formula is C14H12O4. The molecule has 0 atom stereocenters. The monoisotopic (exact) mass is 244 g/mol. The molecule has 1 aliphatic rings. The molecule has 2 aromatic carbocycles. The Bertz CT molecular complexity index is 561. The van der Waals surface area contributed by atoms with Crippen LogP contribution in [0, 0.1) is 0 Å². The molecule has 0 aliphatic carbocycles. The summed E-state index contributed by atoms with van der Waals surface area (Å²) >= 11 is 0. The summed E-state index contributed by atoms with van der Waals surface area (Å²) in [6.45, 7) is 0. The van der Waals surface area contributed by atoms with E-state index in [0.717, 1.165) is 10.8 Å². The first kappa shape index (κ1) is 10.9. The molecule has 1 aliphatic heterocycles. The van der Waals surface area contributed by atoms with Gasteiger partial charge in [-0.05, 0) is 22.9 Å². The average molecular weight is 244 g/mol. The molecule has 0 amide bonds. The highest BCUT2D eigenvalue weighted by atomic mass is 16.7. The fraction of sp³-hybridized carbons (Fsp3) is 0.214. The van der Waals surface area contributed by atoms with Crippen molar-refractivity contribution in [3.63, 3.8) is 0 Å². The number of hydrogen-bond acceptors (Lipinski definition) is 4. The molecule has 0 aromatic heterocycles. The highest BCUT2D eigenvalue weighted by molar-refractivity contribution is 5.86. The van der Waals surface area contributed by atoms with Gasteiger partial charge in [-0.15, -0.1) is 0 Å². The molecule has 0 saturated heterocycles. The second kappa shape index (κ2) is 4.22. The van der Waals surface area contributed by atoms with Crippen molar-refractivity contribution < 1.29 is 19.0 Å². The summed E-state index contributed by atoms with van der Waals surface area (Å²) in [4.78, 5) is 11.2. The van der Waals surface area contributed by atoms with Crippen molar-refractivity contribution >= 4 is 16.7 Å². The summed E-state index contributed by atoms with van der Waals surface area (Å²) in [5.74, 6) is 0.988. The van der Waals surface area contributed by atoms with Gasteiger partial charge < -0.3 is 14.2 Å². The number of carbonyl (C=O) groups excluding carboxylic acids is 1. The Kier molecular flexibility index (Phi) is 2.55. The minimum absolute atomic E-state index is 0.0848. The van der Waals surface area contributed by atoms with E-state index in [2.05, 4.69) is 4.74 Å². The van der Waals surface area contributed by atoms with Gasteiger partial charge in [-0.1, -0.05) is 24.3 Å². The maximum absolute atomic E-state index is 11.2. The van der Waals surface area contributed by atoms with Crippen LogP contribution in [0.5, 0.6) is 11.5 Å². The average Bonchev–Trinajstić information content (AvgIpc) is 2.76. The van der Waals surface area contributed by atoms with E-state index in [4.69, 9.17) is 9.47 Å². The first-order valence-electron chi connectivity index (χ1n) is 5.69. The Labute approximate surface area is 104 Å². The van der Waals surface area contributed by atoms with Gasteiger partial charge in [0.2, 0.25) is 0 Å². The van der Waals surface area contributed by atoms with Gasteiger partial charge in [0.05, 0.1) is 7.11 Å². The van der Waals surface area contributed by atoms with E-state index in [9.17, 15) is 4.79 Å². The molecule has 0 saturated carbocycles. The maximum Gasteiger partial charge on any atom is 0.313 e. The lowest BCUT2D eigenvalue weighted by Gasteiger charge is -2.07. The summed E-state index contributed by atoms with van der Waals surface area (Å²) in [7, 11) is 1.35. The minimum atomic E-state index is -0.593. The van der Waals surface area contributed by atoms with Gasteiger partial charge in [0.15, 0.2) is 11.5 Å². The van der Waals surface area contributed by atoms with Crippen molar-refractivity contribution in [3.05, 3.63) is 36.4 Å². The van der Waals surface area contributed by atoms with Crippen LogP contribution in [0.25, 0.3) is 10.8 Å². The van der Waals surface area contributed by atoms with Crippen molar-refractivity contribution in [1.29, 1.82) is 0 Å². The van der Waals surface area contributed by atoms with Crippen LogP contribution in [0.3, 0.4) is 0 Å². The molecule has 4 nitrogen and oxygen atoms in total. The second-order valence-corrected chi connectivity index (χ2v) is 4.09. The third-order valence-electron chi connectivity index (χ3n) is 2.89. The summed E-state index contributed by atoms with van der Waals surface area (Å²) in [5, 5.41) is 2.16. The molecule has 0 radical (unpaired) electrons. The molecule has 2 aromatic rings. The number of benzene rings is 2. The van der Waals surface area contributed by atoms with Gasteiger partial charge >= 0.3 is 5.97 Å². The quantitative estimate of drug-likeness (QED) is 0.761. The number of methoxy groups -OCH3 is 1. The highest BCUT2D eigenvalue weighted by Gasteiger charge is 2.27. The van der Waals surface area contributed by atoms with Crippen LogP contribution in [0.1, 0.15) is 6.42 Å². The fourth-order valence-electron chi connectivity index (χ4n) is 1.99. The number of ether oxygens (including phenoxy) is 3. The fourth-order valence-corrected chi connectivity index (χ4v) is 1.99. The number of carbonyl (C=O) groups is 1. The molecule has 0 unspecified atom stereocenters. The predicted octanol–water partition coefficient (Wildman–Crippen LogP) is 2.50. The molecule has 4 heteroatoms. The Morgan fingerprint density at radius 3 is 2.22 bits per heavy atom. The van der Waals surface area contributed by atoms with Crippen LogP contribution in [0.4, 0.5) is 0 Å². The lowest BCUT2D eigenvalue weighted by Crippen LogP contribution is -2.22. The van der Waals surface area contributed by atoms with Crippen molar-refractivity contribution in [2.24, 2.45) is 0 Å².